The van der Waals surface area contributed by atoms with Gasteiger partial charge in [0.05, 0.1) is 18.5 Å². The summed E-state index contributed by atoms with van der Waals surface area (Å²) in [6.45, 7) is 4.38. The summed E-state index contributed by atoms with van der Waals surface area (Å²) >= 11 is 0. The van der Waals surface area contributed by atoms with Gasteiger partial charge in [-0.15, -0.1) is 0 Å². The highest BCUT2D eigenvalue weighted by Crippen LogP contribution is 2.24. The third-order valence-electron chi connectivity index (χ3n) is 3.90. The number of nitrogens with one attached hydrogen (secondary N) is 2. The van der Waals surface area contributed by atoms with Crippen molar-refractivity contribution in [2.45, 2.75) is 19.8 Å². The molecular weight excluding hydrogens is 304 g/mol. The van der Waals surface area contributed by atoms with Crippen LogP contribution >= 0.6 is 0 Å². The zero-order valence-electron chi connectivity index (χ0n) is 13.8. The average Bonchev–Trinajstić information content (AvgIpc) is 3.12. The van der Waals surface area contributed by atoms with Crippen LogP contribution in [0.2, 0.25) is 0 Å². The molecule has 6 nitrogen and oxygen atoms in total. The van der Waals surface area contributed by atoms with Crippen LogP contribution in [0.25, 0.3) is 0 Å². The maximum absolute atomic E-state index is 11.3. The quantitative estimate of drug-likeness (QED) is 0.869. The van der Waals surface area contributed by atoms with Gasteiger partial charge in [0.25, 0.3) is 0 Å². The number of hydrogen-bond acceptors (Lipinski definition) is 5. The van der Waals surface area contributed by atoms with E-state index in [1.807, 2.05) is 6.07 Å². The standard InChI is InChI=1S/C18H22N4O2/c1-2-24-18(23)21-17-10-7-15(13-19-17)20-14-5-8-16(9-6-14)22-11-3-4-12-22/h5-10,13,20H,2-4,11-12H2,1H3,(H,19,21,23). The molecule has 1 aliphatic heterocycles. The molecule has 2 N–H and O–H groups in total. The van der Waals surface area contributed by atoms with Crippen molar-refractivity contribution in [3.63, 3.8) is 0 Å². The largest absolute Gasteiger partial charge is 0.450 e. The van der Waals surface area contributed by atoms with Gasteiger partial charge in [-0.2, -0.15) is 0 Å². The molecule has 6 heteroatoms. The minimum Gasteiger partial charge on any atom is -0.450 e. The molecule has 1 aliphatic rings. The number of hydrogen-bond donors (Lipinski definition) is 2. The Morgan fingerprint density at radius 1 is 1.12 bits per heavy atom. The maximum Gasteiger partial charge on any atom is 0.412 e. The molecule has 0 radical (unpaired) electrons. The summed E-state index contributed by atoms with van der Waals surface area (Å²) in [5, 5.41) is 5.87. The van der Waals surface area contributed by atoms with Crippen molar-refractivity contribution in [1.82, 2.24) is 4.98 Å². The first-order valence-electron chi connectivity index (χ1n) is 8.26. The van der Waals surface area contributed by atoms with Crippen molar-refractivity contribution in [3.8, 4) is 0 Å². The van der Waals surface area contributed by atoms with Gasteiger partial charge in [-0.25, -0.2) is 9.78 Å². The zero-order valence-corrected chi connectivity index (χ0v) is 13.8. The van der Waals surface area contributed by atoms with E-state index in [-0.39, 0.29) is 0 Å². The van der Waals surface area contributed by atoms with E-state index in [4.69, 9.17) is 4.74 Å². The fourth-order valence-corrected chi connectivity index (χ4v) is 2.71. The van der Waals surface area contributed by atoms with Gasteiger partial charge in [0.1, 0.15) is 5.82 Å². The smallest absolute Gasteiger partial charge is 0.412 e. The molecular formula is C18H22N4O2. The monoisotopic (exact) mass is 326 g/mol. The Morgan fingerprint density at radius 2 is 1.83 bits per heavy atom. The van der Waals surface area contributed by atoms with Crippen LogP contribution < -0.4 is 15.5 Å². The lowest BCUT2D eigenvalue weighted by molar-refractivity contribution is 0.168. The number of aromatic nitrogens is 1. The Balaban J connectivity index is 1.58. The lowest BCUT2D eigenvalue weighted by atomic mass is 10.2. The number of rotatable bonds is 5. The molecule has 3 rings (SSSR count). The third kappa shape index (κ3) is 4.16. The van der Waals surface area contributed by atoms with Crippen LogP contribution in [0.4, 0.5) is 27.7 Å². The van der Waals surface area contributed by atoms with Crippen LogP contribution in [0.1, 0.15) is 19.8 Å². The van der Waals surface area contributed by atoms with Crippen molar-refractivity contribution in [2.24, 2.45) is 0 Å². The lowest BCUT2D eigenvalue weighted by Gasteiger charge is -2.18. The highest BCUT2D eigenvalue weighted by molar-refractivity contribution is 5.83. The topological polar surface area (TPSA) is 66.5 Å². The molecule has 1 saturated heterocycles. The Morgan fingerprint density at radius 3 is 2.46 bits per heavy atom. The van der Waals surface area contributed by atoms with E-state index in [1.54, 1.807) is 19.2 Å². The van der Waals surface area contributed by atoms with E-state index in [0.29, 0.717) is 12.4 Å². The molecule has 0 atom stereocenters. The fourth-order valence-electron chi connectivity index (χ4n) is 2.71. The lowest BCUT2D eigenvalue weighted by Crippen LogP contribution is -2.17. The first kappa shape index (κ1) is 16.1. The van der Waals surface area contributed by atoms with Gasteiger partial charge in [0.2, 0.25) is 0 Å². The summed E-state index contributed by atoms with van der Waals surface area (Å²) in [6.07, 6.45) is 3.73. The van der Waals surface area contributed by atoms with Crippen LogP contribution in [0.15, 0.2) is 42.6 Å². The first-order chi connectivity index (χ1) is 11.7. The van der Waals surface area contributed by atoms with Crippen LogP contribution in [0.3, 0.4) is 0 Å². The first-order valence-corrected chi connectivity index (χ1v) is 8.26. The summed E-state index contributed by atoms with van der Waals surface area (Å²) in [7, 11) is 0. The van der Waals surface area contributed by atoms with Gasteiger partial charge in [-0.1, -0.05) is 0 Å². The molecule has 1 aromatic carbocycles. The van der Waals surface area contributed by atoms with E-state index < -0.39 is 6.09 Å². The number of benzene rings is 1. The van der Waals surface area contributed by atoms with Gasteiger partial charge in [0, 0.05) is 24.5 Å². The average molecular weight is 326 g/mol. The highest BCUT2D eigenvalue weighted by atomic mass is 16.5. The number of anilines is 4. The summed E-state index contributed by atoms with van der Waals surface area (Å²) in [5.41, 5.74) is 3.13. The number of nitrogens with zero attached hydrogens (tertiary/aromatic N) is 2. The number of ether oxygens (including phenoxy) is 1. The predicted octanol–water partition coefficient (Wildman–Crippen LogP) is 3.99. The molecule has 126 valence electrons. The van der Waals surface area contributed by atoms with E-state index in [1.165, 1.54) is 18.5 Å². The second-order valence-electron chi connectivity index (χ2n) is 5.64. The van der Waals surface area contributed by atoms with Crippen LogP contribution in [0, 0.1) is 0 Å². The maximum atomic E-state index is 11.3. The second-order valence-corrected chi connectivity index (χ2v) is 5.64. The SMILES string of the molecule is CCOC(=O)Nc1ccc(Nc2ccc(N3CCCC3)cc2)cn1. The van der Waals surface area contributed by atoms with E-state index in [9.17, 15) is 4.79 Å². The minimum atomic E-state index is -0.497. The van der Waals surface area contributed by atoms with E-state index in [0.717, 1.165) is 24.5 Å². The van der Waals surface area contributed by atoms with Crippen molar-refractivity contribution in [1.29, 1.82) is 0 Å². The molecule has 1 amide bonds. The van der Waals surface area contributed by atoms with Crippen molar-refractivity contribution < 1.29 is 9.53 Å². The highest BCUT2D eigenvalue weighted by Gasteiger charge is 2.11. The van der Waals surface area contributed by atoms with Crippen LogP contribution in [0.5, 0.6) is 0 Å². The van der Waals surface area contributed by atoms with Gasteiger partial charge >= 0.3 is 6.09 Å². The van der Waals surface area contributed by atoms with Crippen molar-refractivity contribution >= 4 is 29.0 Å². The van der Waals surface area contributed by atoms with Gasteiger partial charge in [-0.05, 0) is 56.2 Å². The molecule has 0 unspecified atom stereocenters. The van der Waals surface area contributed by atoms with Crippen LogP contribution in [-0.4, -0.2) is 30.8 Å². The van der Waals surface area contributed by atoms with Gasteiger partial charge < -0.3 is 15.0 Å². The third-order valence-corrected chi connectivity index (χ3v) is 3.90. The summed E-state index contributed by atoms with van der Waals surface area (Å²) in [5.74, 6) is 0.461. The summed E-state index contributed by atoms with van der Waals surface area (Å²) in [4.78, 5) is 17.9. The molecule has 0 saturated carbocycles. The van der Waals surface area contributed by atoms with E-state index in [2.05, 4.69) is 44.8 Å². The number of carbonyl (C=O) groups excluding carboxylic acids is 1. The zero-order chi connectivity index (χ0) is 16.8. The predicted molar refractivity (Wildman–Crippen MR) is 96.1 cm³/mol. The number of carbonyl (C=O) groups is 1. The van der Waals surface area contributed by atoms with Crippen molar-refractivity contribution in [3.05, 3.63) is 42.6 Å². The molecule has 1 fully saturated rings. The van der Waals surface area contributed by atoms with Crippen molar-refractivity contribution in [2.75, 3.05) is 35.2 Å². The minimum absolute atomic E-state index is 0.332. The van der Waals surface area contributed by atoms with E-state index >= 15 is 0 Å². The molecule has 0 spiro atoms. The second kappa shape index (κ2) is 7.68. The molecule has 1 aromatic heterocycles. The Hall–Kier alpha value is -2.76. The van der Waals surface area contributed by atoms with Gasteiger partial charge in [0.15, 0.2) is 0 Å². The molecule has 24 heavy (non-hydrogen) atoms. The Labute approximate surface area is 141 Å². The summed E-state index contributed by atoms with van der Waals surface area (Å²) in [6, 6.07) is 12.0. The number of amides is 1. The van der Waals surface area contributed by atoms with Crippen LogP contribution in [-0.2, 0) is 4.74 Å². The molecule has 0 bridgehead atoms. The summed E-state index contributed by atoms with van der Waals surface area (Å²) < 4.78 is 4.82. The Bertz CT molecular complexity index is 664. The normalized spacial score (nSPS) is 13.6. The molecule has 0 aliphatic carbocycles. The number of pyridine rings is 1. The fraction of sp³-hybridized carbons (Fsp3) is 0.333. The molecule has 2 aromatic rings. The Kier molecular flexibility index (Phi) is 5.15. The van der Waals surface area contributed by atoms with Gasteiger partial charge in [-0.3, -0.25) is 5.32 Å². The molecule has 2 heterocycles.